The number of benzene rings is 1. The highest BCUT2D eigenvalue weighted by Crippen LogP contribution is 2.04. The molecular weight excluding hydrogens is 216 g/mol. The maximum absolute atomic E-state index is 11.4. The molecule has 94 valence electrons. The zero-order valence-electron chi connectivity index (χ0n) is 10.4. The van der Waals surface area contributed by atoms with Crippen LogP contribution in [0.1, 0.15) is 31.4 Å². The molecule has 0 bridgehead atoms. The summed E-state index contributed by atoms with van der Waals surface area (Å²) in [6, 6.07) is 7.81. The standard InChI is InChI=1S/C13H20N2O2/c1-3-10(2)17-13(16)15-9-12-6-4-11(8-14)5-7-12/h4-7,10H,3,8-9,14H2,1-2H3,(H,15,16). The summed E-state index contributed by atoms with van der Waals surface area (Å²) >= 11 is 0. The Bertz CT molecular complexity index is 349. The first kappa shape index (κ1) is 13.5. The quantitative estimate of drug-likeness (QED) is 0.823. The van der Waals surface area contributed by atoms with Crippen molar-refractivity contribution in [1.29, 1.82) is 0 Å². The van der Waals surface area contributed by atoms with Crippen LogP contribution in [0.3, 0.4) is 0 Å². The Morgan fingerprint density at radius 3 is 2.47 bits per heavy atom. The van der Waals surface area contributed by atoms with Crippen molar-refractivity contribution in [3.05, 3.63) is 35.4 Å². The van der Waals surface area contributed by atoms with Crippen molar-refractivity contribution in [1.82, 2.24) is 5.32 Å². The molecule has 1 unspecified atom stereocenters. The van der Waals surface area contributed by atoms with Gasteiger partial charge in [0.05, 0.1) is 0 Å². The highest BCUT2D eigenvalue weighted by Gasteiger charge is 2.06. The summed E-state index contributed by atoms with van der Waals surface area (Å²) in [6.45, 7) is 4.85. The number of hydrogen-bond donors (Lipinski definition) is 2. The van der Waals surface area contributed by atoms with Gasteiger partial charge in [-0.05, 0) is 24.5 Å². The molecule has 17 heavy (non-hydrogen) atoms. The van der Waals surface area contributed by atoms with Gasteiger partial charge in [0.15, 0.2) is 0 Å². The van der Waals surface area contributed by atoms with Gasteiger partial charge in [0.1, 0.15) is 6.10 Å². The average molecular weight is 236 g/mol. The second-order valence-electron chi connectivity index (χ2n) is 4.00. The Morgan fingerprint density at radius 1 is 1.35 bits per heavy atom. The maximum Gasteiger partial charge on any atom is 0.407 e. The lowest BCUT2D eigenvalue weighted by Gasteiger charge is -2.11. The monoisotopic (exact) mass is 236 g/mol. The van der Waals surface area contributed by atoms with Crippen LogP contribution in [-0.4, -0.2) is 12.2 Å². The lowest BCUT2D eigenvalue weighted by molar-refractivity contribution is 0.104. The molecule has 4 heteroatoms. The summed E-state index contributed by atoms with van der Waals surface area (Å²) in [5.41, 5.74) is 7.61. The Labute approximate surface area is 102 Å². The Hall–Kier alpha value is -1.55. The van der Waals surface area contributed by atoms with E-state index in [1.54, 1.807) is 0 Å². The van der Waals surface area contributed by atoms with Crippen molar-refractivity contribution in [3.8, 4) is 0 Å². The number of nitrogens with one attached hydrogen (secondary N) is 1. The van der Waals surface area contributed by atoms with E-state index in [1.165, 1.54) is 0 Å². The number of alkyl carbamates (subject to hydrolysis) is 1. The second kappa shape index (κ2) is 6.91. The van der Waals surface area contributed by atoms with Crippen molar-refractivity contribution >= 4 is 6.09 Å². The van der Waals surface area contributed by atoms with E-state index in [9.17, 15) is 4.79 Å². The minimum atomic E-state index is -0.373. The minimum absolute atomic E-state index is 0.0467. The molecule has 0 saturated heterocycles. The van der Waals surface area contributed by atoms with Gasteiger partial charge < -0.3 is 15.8 Å². The molecule has 0 radical (unpaired) electrons. The molecule has 1 atom stereocenters. The molecule has 0 aliphatic heterocycles. The summed E-state index contributed by atoms with van der Waals surface area (Å²) in [5.74, 6) is 0. The van der Waals surface area contributed by atoms with E-state index >= 15 is 0 Å². The van der Waals surface area contributed by atoms with Crippen molar-refractivity contribution in [2.24, 2.45) is 5.73 Å². The van der Waals surface area contributed by atoms with Crippen molar-refractivity contribution < 1.29 is 9.53 Å². The molecule has 0 spiro atoms. The number of hydrogen-bond acceptors (Lipinski definition) is 3. The van der Waals surface area contributed by atoms with Crippen LogP contribution in [0.15, 0.2) is 24.3 Å². The summed E-state index contributed by atoms with van der Waals surface area (Å²) in [5, 5.41) is 2.71. The predicted octanol–water partition coefficient (Wildman–Crippen LogP) is 2.17. The zero-order valence-corrected chi connectivity index (χ0v) is 10.4. The SMILES string of the molecule is CCC(C)OC(=O)NCc1ccc(CN)cc1. The van der Waals surface area contributed by atoms with Crippen LogP contribution in [0.25, 0.3) is 0 Å². The fraction of sp³-hybridized carbons (Fsp3) is 0.462. The van der Waals surface area contributed by atoms with E-state index in [0.29, 0.717) is 13.1 Å². The van der Waals surface area contributed by atoms with Gasteiger partial charge in [0.25, 0.3) is 0 Å². The van der Waals surface area contributed by atoms with Gasteiger partial charge in [0.2, 0.25) is 0 Å². The smallest absolute Gasteiger partial charge is 0.407 e. The van der Waals surface area contributed by atoms with Gasteiger partial charge in [0, 0.05) is 13.1 Å². The summed E-state index contributed by atoms with van der Waals surface area (Å²) in [7, 11) is 0. The van der Waals surface area contributed by atoms with E-state index in [-0.39, 0.29) is 12.2 Å². The maximum atomic E-state index is 11.4. The predicted molar refractivity (Wildman–Crippen MR) is 67.4 cm³/mol. The summed E-state index contributed by atoms with van der Waals surface area (Å²) < 4.78 is 5.10. The number of carbonyl (C=O) groups excluding carboxylic acids is 1. The molecule has 4 nitrogen and oxygen atoms in total. The van der Waals surface area contributed by atoms with Gasteiger partial charge in [-0.1, -0.05) is 31.2 Å². The first-order valence-electron chi connectivity index (χ1n) is 5.88. The van der Waals surface area contributed by atoms with Gasteiger partial charge in [-0.3, -0.25) is 0 Å². The van der Waals surface area contributed by atoms with Crippen LogP contribution in [-0.2, 0) is 17.8 Å². The molecule has 0 aliphatic rings. The van der Waals surface area contributed by atoms with Crippen LogP contribution in [0, 0.1) is 0 Å². The fourth-order valence-corrected chi connectivity index (χ4v) is 1.28. The van der Waals surface area contributed by atoms with Gasteiger partial charge in [-0.2, -0.15) is 0 Å². The van der Waals surface area contributed by atoms with E-state index in [0.717, 1.165) is 17.5 Å². The molecule has 0 heterocycles. The first-order valence-corrected chi connectivity index (χ1v) is 5.88. The average Bonchev–Trinajstić information content (AvgIpc) is 2.36. The van der Waals surface area contributed by atoms with Crippen molar-refractivity contribution in [2.45, 2.75) is 39.5 Å². The molecule has 0 saturated carbocycles. The molecule has 0 fully saturated rings. The van der Waals surface area contributed by atoms with Crippen LogP contribution in [0.2, 0.25) is 0 Å². The molecule has 0 aromatic heterocycles. The van der Waals surface area contributed by atoms with E-state index < -0.39 is 0 Å². The molecule has 1 aromatic rings. The van der Waals surface area contributed by atoms with E-state index in [4.69, 9.17) is 10.5 Å². The van der Waals surface area contributed by atoms with Crippen LogP contribution in [0.4, 0.5) is 4.79 Å². The Morgan fingerprint density at radius 2 is 1.94 bits per heavy atom. The number of carbonyl (C=O) groups is 1. The second-order valence-corrected chi connectivity index (χ2v) is 4.00. The number of ether oxygens (including phenoxy) is 1. The Kier molecular flexibility index (Phi) is 5.49. The fourth-order valence-electron chi connectivity index (χ4n) is 1.28. The third-order valence-corrected chi connectivity index (χ3v) is 2.58. The highest BCUT2D eigenvalue weighted by molar-refractivity contribution is 5.67. The number of rotatable bonds is 5. The minimum Gasteiger partial charge on any atom is -0.447 e. The molecule has 1 rings (SSSR count). The number of amides is 1. The summed E-state index contributed by atoms with van der Waals surface area (Å²) in [4.78, 5) is 11.4. The van der Waals surface area contributed by atoms with E-state index in [2.05, 4.69) is 5.32 Å². The number of nitrogens with two attached hydrogens (primary N) is 1. The summed E-state index contributed by atoms with van der Waals surface area (Å²) in [6.07, 6.45) is 0.399. The normalized spacial score (nSPS) is 11.9. The molecule has 1 amide bonds. The molecule has 0 aliphatic carbocycles. The largest absolute Gasteiger partial charge is 0.447 e. The third kappa shape index (κ3) is 4.87. The van der Waals surface area contributed by atoms with Crippen LogP contribution >= 0.6 is 0 Å². The molecule has 1 aromatic carbocycles. The lowest BCUT2D eigenvalue weighted by atomic mass is 10.1. The third-order valence-electron chi connectivity index (χ3n) is 2.58. The molecule has 3 N–H and O–H groups in total. The van der Waals surface area contributed by atoms with Crippen LogP contribution in [0.5, 0.6) is 0 Å². The van der Waals surface area contributed by atoms with Crippen molar-refractivity contribution in [3.63, 3.8) is 0 Å². The topological polar surface area (TPSA) is 64.3 Å². The molecular formula is C13H20N2O2. The van der Waals surface area contributed by atoms with Crippen molar-refractivity contribution in [2.75, 3.05) is 0 Å². The van der Waals surface area contributed by atoms with E-state index in [1.807, 2.05) is 38.1 Å². The van der Waals surface area contributed by atoms with Gasteiger partial charge >= 0.3 is 6.09 Å². The van der Waals surface area contributed by atoms with Gasteiger partial charge in [-0.15, -0.1) is 0 Å². The first-order chi connectivity index (χ1) is 8.15. The Balaban J connectivity index is 2.36. The van der Waals surface area contributed by atoms with Gasteiger partial charge in [-0.25, -0.2) is 4.79 Å². The lowest BCUT2D eigenvalue weighted by Crippen LogP contribution is -2.27. The highest BCUT2D eigenvalue weighted by atomic mass is 16.6. The zero-order chi connectivity index (χ0) is 12.7. The van der Waals surface area contributed by atoms with Crippen LogP contribution < -0.4 is 11.1 Å².